The number of halogens is 3. The van der Waals surface area contributed by atoms with Gasteiger partial charge in [-0.05, 0) is 55.4 Å². The summed E-state index contributed by atoms with van der Waals surface area (Å²) in [6.07, 6.45) is -0.0635. The Morgan fingerprint density at radius 3 is 2.54 bits per heavy atom. The van der Waals surface area contributed by atoms with Crippen molar-refractivity contribution < 1.29 is 8.78 Å². The largest absolute Gasteiger partial charge is 0.405 e. The average molecular weight is 522 g/mol. The standard InChI is InChI=1S/C22H25ClF2N6S.C2H5N/c1-14-18(5-10-32-14)27-21-17(23)13-26-22(29-21)28-19-4-3-16(11-15(19)12-20(24)25)31-8-6-30(2)7-9-31;1-2-3/h3-5,10-11,13,20H,6-9,12H2,1-2H3,(H2,26,27,28,29);2H,1,3H2. The van der Waals surface area contributed by atoms with Crippen LogP contribution in [0.15, 0.2) is 48.6 Å². The molecule has 1 aliphatic rings. The minimum atomic E-state index is -2.46. The number of nitrogens with zero attached hydrogens (tertiary/aromatic N) is 4. The molecule has 0 aliphatic carbocycles. The number of thiophene rings is 1. The van der Waals surface area contributed by atoms with E-state index < -0.39 is 6.43 Å². The molecule has 0 radical (unpaired) electrons. The smallest absolute Gasteiger partial charge is 0.242 e. The van der Waals surface area contributed by atoms with Gasteiger partial charge in [-0.1, -0.05) is 18.2 Å². The van der Waals surface area contributed by atoms with E-state index in [1.54, 1.807) is 11.3 Å². The quantitative estimate of drug-likeness (QED) is 0.371. The lowest BCUT2D eigenvalue weighted by molar-refractivity contribution is 0.149. The summed E-state index contributed by atoms with van der Waals surface area (Å²) in [7, 11) is 2.08. The molecule has 1 fully saturated rings. The number of nitrogens with one attached hydrogen (secondary N) is 2. The lowest BCUT2D eigenvalue weighted by Gasteiger charge is -2.34. The summed E-state index contributed by atoms with van der Waals surface area (Å²) in [6, 6.07) is 7.55. The molecular weight excluding hydrogens is 492 g/mol. The lowest BCUT2D eigenvalue weighted by atomic mass is 10.1. The molecule has 0 spiro atoms. The van der Waals surface area contributed by atoms with Crippen molar-refractivity contribution >= 4 is 51.8 Å². The Balaban J connectivity index is 0.00000108. The highest BCUT2D eigenvalue weighted by Crippen LogP contribution is 2.31. The van der Waals surface area contributed by atoms with Crippen LogP contribution in [-0.4, -0.2) is 54.5 Å². The van der Waals surface area contributed by atoms with Crippen molar-refractivity contribution in [1.29, 1.82) is 0 Å². The van der Waals surface area contributed by atoms with Gasteiger partial charge in [-0.25, -0.2) is 13.8 Å². The molecule has 0 amide bonds. The van der Waals surface area contributed by atoms with Crippen LogP contribution in [0.3, 0.4) is 0 Å². The van der Waals surface area contributed by atoms with Crippen LogP contribution in [0.2, 0.25) is 5.02 Å². The van der Waals surface area contributed by atoms with Crippen LogP contribution in [0.25, 0.3) is 0 Å². The van der Waals surface area contributed by atoms with Gasteiger partial charge in [-0.15, -0.1) is 11.3 Å². The highest BCUT2D eigenvalue weighted by atomic mass is 35.5. The fourth-order valence-electron chi connectivity index (χ4n) is 3.58. The van der Waals surface area contributed by atoms with E-state index in [2.05, 4.69) is 49.8 Å². The van der Waals surface area contributed by atoms with Crippen LogP contribution >= 0.6 is 22.9 Å². The molecule has 1 saturated heterocycles. The van der Waals surface area contributed by atoms with E-state index in [0.29, 0.717) is 22.1 Å². The van der Waals surface area contributed by atoms with Crippen molar-refractivity contribution in [2.24, 2.45) is 5.73 Å². The molecule has 35 heavy (non-hydrogen) atoms. The summed E-state index contributed by atoms with van der Waals surface area (Å²) in [5, 5.41) is 8.66. The molecular formula is C24H30ClF2N7S. The number of hydrogen-bond donors (Lipinski definition) is 3. The Hall–Kier alpha value is -2.95. The van der Waals surface area contributed by atoms with E-state index in [1.807, 2.05) is 36.6 Å². The van der Waals surface area contributed by atoms with E-state index in [-0.39, 0.29) is 12.4 Å². The maximum absolute atomic E-state index is 13.3. The Morgan fingerprint density at radius 2 is 1.91 bits per heavy atom. The maximum Gasteiger partial charge on any atom is 0.242 e. The molecule has 11 heteroatoms. The molecule has 0 saturated carbocycles. The molecule has 188 valence electrons. The summed E-state index contributed by atoms with van der Waals surface area (Å²) >= 11 is 7.88. The number of hydrogen-bond acceptors (Lipinski definition) is 8. The number of rotatable bonds is 7. The van der Waals surface area contributed by atoms with E-state index in [9.17, 15) is 8.78 Å². The first-order valence-corrected chi connectivity index (χ1v) is 12.3. The third-order valence-corrected chi connectivity index (χ3v) is 6.56. The summed E-state index contributed by atoms with van der Waals surface area (Å²) in [4.78, 5) is 14.3. The fourth-order valence-corrected chi connectivity index (χ4v) is 4.37. The second-order valence-electron chi connectivity index (χ2n) is 7.99. The topological polar surface area (TPSA) is 82.3 Å². The number of aromatic nitrogens is 2. The number of alkyl halides is 2. The van der Waals surface area contributed by atoms with Crippen molar-refractivity contribution in [3.05, 3.63) is 64.1 Å². The fraction of sp³-hybridized carbons (Fsp3) is 0.333. The first kappa shape index (κ1) is 26.7. The van der Waals surface area contributed by atoms with Gasteiger partial charge in [0.25, 0.3) is 0 Å². The normalized spacial score (nSPS) is 13.8. The highest BCUT2D eigenvalue weighted by Gasteiger charge is 2.18. The van der Waals surface area contributed by atoms with Gasteiger partial charge in [0.15, 0.2) is 5.82 Å². The molecule has 0 unspecified atom stereocenters. The molecule has 4 rings (SSSR count). The Labute approximate surface area is 213 Å². The molecule has 0 atom stereocenters. The molecule has 1 aliphatic heterocycles. The van der Waals surface area contributed by atoms with Crippen molar-refractivity contribution in [2.45, 2.75) is 19.8 Å². The Kier molecular flexibility index (Phi) is 9.64. The first-order chi connectivity index (χ1) is 16.8. The summed E-state index contributed by atoms with van der Waals surface area (Å²) in [6.45, 7) is 8.77. The van der Waals surface area contributed by atoms with Gasteiger partial charge in [0, 0.05) is 48.9 Å². The summed E-state index contributed by atoms with van der Waals surface area (Å²) < 4.78 is 26.7. The summed E-state index contributed by atoms with van der Waals surface area (Å²) in [5.41, 5.74) is 7.56. The van der Waals surface area contributed by atoms with Gasteiger partial charge in [-0.3, -0.25) is 0 Å². The van der Waals surface area contributed by atoms with Crippen molar-refractivity contribution in [2.75, 3.05) is 48.8 Å². The van der Waals surface area contributed by atoms with Gasteiger partial charge in [0.1, 0.15) is 5.02 Å². The van der Waals surface area contributed by atoms with Crippen LogP contribution in [0.4, 0.5) is 37.6 Å². The van der Waals surface area contributed by atoms with E-state index in [0.717, 1.165) is 42.4 Å². The van der Waals surface area contributed by atoms with Gasteiger partial charge in [0.2, 0.25) is 12.4 Å². The molecule has 1 aromatic carbocycles. The Bertz CT molecular complexity index is 1120. The highest BCUT2D eigenvalue weighted by molar-refractivity contribution is 7.10. The van der Waals surface area contributed by atoms with Gasteiger partial charge < -0.3 is 26.2 Å². The predicted octanol–water partition coefficient (Wildman–Crippen LogP) is 5.64. The van der Waals surface area contributed by atoms with Gasteiger partial charge in [-0.2, -0.15) is 4.98 Å². The van der Waals surface area contributed by atoms with Gasteiger partial charge >= 0.3 is 0 Å². The molecule has 3 aromatic rings. The second kappa shape index (κ2) is 12.7. The maximum atomic E-state index is 13.3. The van der Waals surface area contributed by atoms with E-state index in [1.165, 1.54) is 12.4 Å². The third kappa shape index (κ3) is 7.51. The second-order valence-corrected chi connectivity index (χ2v) is 9.52. The van der Waals surface area contributed by atoms with Crippen LogP contribution < -0.4 is 21.3 Å². The number of aryl methyl sites for hydroxylation is 1. The SMILES string of the molecule is C=CN.Cc1sccc1Nc1nc(Nc2ccc(N3CCN(C)CC3)cc2CC(F)F)ncc1Cl. The van der Waals surface area contributed by atoms with Gasteiger partial charge in [0.05, 0.1) is 11.9 Å². The number of nitrogens with two attached hydrogens (primary N) is 1. The molecule has 2 aromatic heterocycles. The number of piperazine rings is 1. The zero-order chi connectivity index (χ0) is 25.4. The average Bonchev–Trinajstić information content (AvgIpc) is 3.22. The molecule has 0 bridgehead atoms. The predicted molar refractivity (Wildman–Crippen MR) is 143 cm³/mol. The van der Waals surface area contributed by atoms with Crippen LogP contribution in [-0.2, 0) is 6.42 Å². The monoisotopic (exact) mass is 521 g/mol. The van der Waals surface area contributed by atoms with Crippen molar-refractivity contribution in [3.8, 4) is 0 Å². The summed E-state index contributed by atoms with van der Waals surface area (Å²) in [5.74, 6) is 0.739. The molecule has 4 N–H and O–H groups in total. The molecule has 3 heterocycles. The number of benzene rings is 1. The Morgan fingerprint density at radius 1 is 1.20 bits per heavy atom. The zero-order valence-corrected chi connectivity index (χ0v) is 21.3. The minimum absolute atomic E-state index is 0.285. The van der Waals surface area contributed by atoms with Crippen LogP contribution in [0, 0.1) is 6.92 Å². The van der Waals surface area contributed by atoms with Crippen molar-refractivity contribution in [1.82, 2.24) is 14.9 Å². The zero-order valence-electron chi connectivity index (χ0n) is 19.8. The number of anilines is 5. The van der Waals surface area contributed by atoms with Crippen molar-refractivity contribution in [3.63, 3.8) is 0 Å². The third-order valence-electron chi connectivity index (χ3n) is 5.43. The minimum Gasteiger partial charge on any atom is -0.405 e. The first-order valence-electron chi connectivity index (χ1n) is 11.1. The lowest BCUT2D eigenvalue weighted by Crippen LogP contribution is -2.44. The molecule has 7 nitrogen and oxygen atoms in total. The van der Waals surface area contributed by atoms with Crippen LogP contribution in [0.5, 0.6) is 0 Å². The van der Waals surface area contributed by atoms with E-state index >= 15 is 0 Å². The number of likely N-dealkylation sites (N-methyl/N-ethyl adjacent to an activating group) is 1. The van der Waals surface area contributed by atoms with Crippen LogP contribution in [0.1, 0.15) is 10.4 Å². The van der Waals surface area contributed by atoms with E-state index in [4.69, 9.17) is 11.6 Å².